The van der Waals surface area contributed by atoms with Crippen molar-refractivity contribution >= 4 is 6.09 Å². The van der Waals surface area contributed by atoms with Crippen LogP contribution in [-0.2, 0) is 5.60 Å². The van der Waals surface area contributed by atoms with Crippen molar-refractivity contribution in [2.75, 3.05) is 19.6 Å². The maximum Gasteiger partial charge on any atom is 0.404 e. The third kappa shape index (κ3) is 5.43. The lowest BCUT2D eigenvalue weighted by Gasteiger charge is -2.40. The third-order valence-electron chi connectivity index (χ3n) is 6.31. The predicted molar refractivity (Wildman–Crippen MR) is 121 cm³/mol. The van der Waals surface area contributed by atoms with Crippen LogP contribution >= 0.6 is 0 Å². The first-order valence-electron chi connectivity index (χ1n) is 11.1. The first-order valence-corrected chi connectivity index (χ1v) is 11.1. The van der Waals surface area contributed by atoms with Gasteiger partial charge >= 0.3 is 6.09 Å². The standard InChI is InChI=1S/C25H33FN2O3/c1-17(2)18-7-3-8-19(15-18)23-21(10-4-11-22(23)26)25(31,12-6-14-28-24(29)30)20-9-5-13-27-16-20/h3-4,7-8,10-11,15,17,20,27-28,31H,5-6,9,12-14,16H2,1-2H3,(H,29,30)/t20-,25?/m1/s1. The van der Waals surface area contributed by atoms with E-state index in [4.69, 9.17) is 5.11 Å². The molecule has 2 atom stereocenters. The second-order valence-electron chi connectivity index (χ2n) is 8.75. The lowest BCUT2D eigenvalue weighted by molar-refractivity contribution is -0.0417. The highest BCUT2D eigenvalue weighted by atomic mass is 19.1. The van der Waals surface area contributed by atoms with Gasteiger partial charge in [0, 0.05) is 24.6 Å². The van der Waals surface area contributed by atoms with Crippen molar-refractivity contribution in [3.8, 4) is 11.1 Å². The van der Waals surface area contributed by atoms with Crippen LogP contribution in [0.1, 0.15) is 56.6 Å². The maximum atomic E-state index is 15.2. The molecule has 1 unspecified atom stereocenters. The number of hydrogen-bond acceptors (Lipinski definition) is 3. The topological polar surface area (TPSA) is 81.6 Å². The summed E-state index contributed by atoms with van der Waals surface area (Å²) in [6.07, 6.45) is 1.49. The van der Waals surface area contributed by atoms with Crippen molar-refractivity contribution in [1.82, 2.24) is 10.6 Å². The monoisotopic (exact) mass is 428 g/mol. The molecule has 0 radical (unpaired) electrons. The third-order valence-corrected chi connectivity index (χ3v) is 6.31. The van der Waals surface area contributed by atoms with Crippen LogP contribution in [0.4, 0.5) is 9.18 Å². The summed E-state index contributed by atoms with van der Waals surface area (Å²) < 4.78 is 15.2. The van der Waals surface area contributed by atoms with E-state index in [1.807, 2.05) is 30.3 Å². The van der Waals surface area contributed by atoms with E-state index in [1.165, 1.54) is 6.07 Å². The molecule has 1 fully saturated rings. The number of piperidine rings is 1. The lowest BCUT2D eigenvalue weighted by atomic mass is 9.72. The largest absolute Gasteiger partial charge is 0.465 e. The summed E-state index contributed by atoms with van der Waals surface area (Å²) >= 11 is 0. The summed E-state index contributed by atoms with van der Waals surface area (Å²) in [5.41, 5.74) is 1.62. The Kier molecular flexibility index (Phi) is 7.68. The van der Waals surface area contributed by atoms with Gasteiger partial charge in [-0.15, -0.1) is 0 Å². The summed E-state index contributed by atoms with van der Waals surface area (Å²) in [5.74, 6) is -0.136. The van der Waals surface area contributed by atoms with Gasteiger partial charge in [0.1, 0.15) is 5.82 Å². The number of carbonyl (C=O) groups is 1. The highest BCUT2D eigenvalue weighted by Gasteiger charge is 2.40. The van der Waals surface area contributed by atoms with E-state index >= 15 is 4.39 Å². The summed E-state index contributed by atoms with van der Waals surface area (Å²) in [6, 6.07) is 12.8. The number of rotatable bonds is 8. The zero-order valence-corrected chi connectivity index (χ0v) is 18.3. The molecule has 0 spiro atoms. The number of hydrogen-bond donors (Lipinski definition) is 4. The van der Waals surface area contributed by atoms with Crippen LogP contribution in [0.25, 0.3) is 11.1 Å². The second kappa shape index (κ2) is 10.2. The number of carboxylic acid groups (broad SMARTS) is 1. The van der Waals surface area contributed by atoms with Crippen LogP contribution in [0.2, 0.25) is 0 Å². The average molecular weight is 429 g/mol. The molecular formula is C25H33FN2O3. The van der Waals surface area contributed by atoms with Gasteiger partial charge in [-0.1, -0.05) is 50.2 Å². The van der Waals surface area contributed by atoms with Crippen molar-refractivity contribution in [2.45, 2.75) is 51.0 Å². The molecule has 3 rings (SSSR count). The maximum absolute atomic E-state index is 15.2. The number of benzene rings is 2. The summed E-state index contributed by atoms with van der Waals surface area (Å²) in [4.78, 5) is 10.8. The number of amides is 1. The molecule has 2 aromatic carbocycles. The van der Waals surface area contributed by atoms with Gasteiger partial charge in [0.15, 0.2) is 0 Å². The molecule has 1 heterocycles. The van der Waals surface area contributed by atoms with Crippen LogP contribution in [0.15, 0.2) is 42.5 Å². The quantitative estimate of drug-likeness (QED) is 0.453. The van der Waals surface area contributed by atoms with Crippen LogP contribution < -0.4 is 10.6 Å². The molecule has 31 heavy (non-hydrogen) atoms. The fraction of sp³-hybridized carbons (Fsp3) is 0.480. The van der Waals surface area contributed by atoms with Crippen molar-refractivity contribution in [3.05, 3.63) is 59.4 Å². The molecule has 4 N–H and O–H groups in total. The minimum Gasteiger partial charge on any atom is -0.465 e. The number of nitrogens with one attached hydrogen (secondary N) is 2. The van der Waals surface area contributed by atoms with E-state index in [1.54, 1.807) is 6.07 Å². The van der Waals surface area contributed by atoms with Gasteiger partial charge in [-0.3, -0.25) is 0 Å². The van der Waals surface area contributed by atoms with E-state index in [9.17, 15) is 9.90 Å². The second-order valence-corrected chi connectivity index (χ2v) is 8.75. The summed E-state index contributed by atoms with van der Waals surface area (Å²) in [6.45, 7) is 5.98. The molecule has 1 aliphatic rings. The normalized spacial score (nSPS) is 18.5. The Bertz CT molecular complexity index is 896. The Hall–Kier alpha value is -2.44. The summed E-state index contributed by atoms with van der Waals surface area (Å²) in [7, 11) is 0. The van der Waals surface area contributed by atoms with E-state index in [0.717, 1.165) is 30.5 Å². The molecule has 168 valence electrons. The Balaban J connectivity index is 2.05. The molecule has 1 aliphatic heterocycles. The van der Waals surface area contributed by atoms with Crippen LogP contribution in [0.3, 0.4) is 0 Å². The zero-order valence-electron chi connectivity index (χ0n) is 18.3. The van der Waals surface area contributed by atoms with Crippen LogP contribution in [-0.4, -0.2) is 35.9 Å². The minimum atomic E-state index is -1.27. The van der Waals surface area contributed by atoms with Gasteiger partial charge in [0.25, 0.3) is 0 Å². The molecule has 1 saturated heterocycles. The molecule has 5 nitrogen and oxygen atoms in total. The molecule has 2 aromatic rings. The Labute approximate surface area is 183 Å². The van der Waals surface area contributed by atoms with Crippen molar-refractivity contribution < 1.29 is 19.4 Å². The fourth-order valence-corrected chi connectivity index (χ4v) is 4.60. The molecule has 0 saturated carbocycles. The van der Waals surface area contributed by atoms with Crippen molar-refractivity contribution in [1.29, 1.82) is 0 Å². The molecule has 6 heteroatoms. The van der Waals surface area contributed by atoms with Gasteiger partial charge in [-0.05, 0) is 60.9 Å². The van der Waals surface area contributed by atoms with Crippen LogP contribution in [0, 0.1) is 11.7 Å². The zero-order chi connectivity index (χ0) is 22.4. The van der Waals surface area contributed by atoms with Crippen molar-refractivity contribution in [3.63, 3.8) is 0 Å². The van der Waals surface area contributed by atoms with E-state index in [-0.39, 0.29) is 18.3 Å². The summed E-state index contributed by atoms with van der Waals surface area (Å²) in [5, 5.41) is 26.6. The van der Waals surface area contributed by atoms with Gasteiger partial charge in [0.05, 0.1) is 5.60 Å². The SMILES string of the molecule is CC(C)c1cccc(-c2c(F)cccc2C(O)(CCCNC(=O)O)[C@@H]2CCCNC2)c1. The van der Waals surface area contributed by atoms with Crippen LogP contribution in [0.5, 0.6) is 0 Å². The molecular weight excluding hydrogens is 395 g/mol. The first-order chi connectivity index (χ1) is 14.8. The molecule has 0 bridgehead atoms. The van der Waals surface area contributed by atoms with Crippen molar-refractivity contribution in [2.24, 2.45) is 5.92 Å². The van der Waals surface area contributed by atoms with E-state index in [0.29, 0.717) is 36.4 Å². The fourth-order valence-electron chi connectivity index (χ4n) is 4.60. The predicted octanol–water partition coefficient (Wildman–Crippen LogP) is 4.85. The lowest BCUT2D eigenvalue weighted by Crippen LogP contribution is -2.45. The smallest absolute Gasteiger partial charge is 0.404 e. The van der Waals surface area contributed by atoms with Gasteiger partial charge in [-0.2, -0.15) is 0 Å². The molecule has 0 aliphatic carbocycles. The van der Waals surface area contributed by atoms with E-state index < -0.39 is 11.7 Å². The van der Waals surface area contributed by atoms with E-state index in [2.05, 4.69) is 24.5 Å². The van der Waals surface area contributed by atoms with Gasteiger partial charge in [0.2, 0.25) is 0 Å². The molecule has 0 aromatic heterocycles. The first kappa shape index (κ1) is 23.2. The Morgan fingerprint density at radius 3 is 2.74 bits per heavy atom. The molecule has 1 amide bonds. The highest BCUT2D eigenvalue weighted by molar-refractivity contribution is 5.70. The van der Waals surface area contributed by atoms with Gasteiger partial charge in [-0.25, -0.2) is 9.18 Å². The minimum absolute atomic E-state index is 0.0834. The average Bonchev–Trinajstić information content (AvgIpc) is 2.77. The van der Waals surface area contributed by atoms with Gasteiger partial charge < -0.3 is 20.8 Å². The Morgan fingerprint density at radius 2 is 2.06 bits per heavy atom. The number of aliphatic hydroxyl groups is 1. The Morgan fingerprint density at radius 1 is 1.29 bits per heavy atom. The number of halogens is 1. The highest BCUT2D eigenvalue weighted by Crippen LogP contribution is 2.43.